The number of halogens is 4. The van der Waals surface area contributed by atoms with Crippen molar-refractivity contribution < 1.29 is 31.1 Å². The van der Waals surface area contributed by atoms with Crippen molar-refractivity contribution in [1.82, 2.24) is 9.29 Å². The second kappa shape index (κ2) is 10.3. The van der Waals surface area contributed by atoms with Gasteiger partial charge in [0.2, 0.25) is 10.0 Å². The molecule has 0 saturated carbocycles. The second-order valence-corrected chi connectivity index (χ2v) is 11.4. The highest BCUT2D eigenvalue weighted by atomic mass is 35.5. The number of hydrogen-bond acceptors (Lipinski definition) is 7. The number of fused-ring (bicyclic) bond motifs is 3. The van der Waals surface area contributed by atoms with Crippen LogP contribution in [0.4, 0.5) is 14.5 Å². The third kappa shape index (κ3) is 4.90. The molecule has 0 bridgehead atoms. The molecular formula is C24H20Cl2F2N4O5S. The number of ether oxygens (including phenoxy) is 1. The van der Waals surface area contributed by atoms with Gasteiger partial charge in [0.1, 0.15) is 5.58 Å². The van der Waals surface area contributed by atoms with Crippen molar-refractivity contribution in [3.63, 3.8) is 0 Å². The van der Waals surface area contributed by atoms with Crippen LogP contribution in [0.3, 0.4) is 0 Å². The number of hydrogen-bond donors (Lipinski definition) is 2. The number of amides is 1. The number of benzene rings is 2. The molecular weight excluding hydrogens is 565 g/mol. The van der Waals surface area contributed by atoms with Gasteiger partial charge in [-0.1, -0.05) is 23.2 Å². The average Bonchev–Trinajstić information content (AvgIpc) is 3.26. The first-order valence-electron chi connectivity index (χ1n) is 11.4. The summed E-state index contributed by atoms with van der Waals surface area (Å²) in [7, 11) is -3.90. The summed E-state index contributed by atoms with van der Waals surface area (Å²) in [6.07, 6.45) is 3.62. The first-order valence-corrected chi connectivity index (χ1v) is 13.6. The van der Waals surface area contributed by atoms with Crippen LogP contribution in [0.25, 0.3) is 21.9 Å². The smallest absolute Gasteiger partial charge is 0.387 e. The van der Waals surface area contributed by atoms with E-state index in [1.54, 1.807) is 0 Å². The number of nitrogens with zero attached hydrogens (tertiary/aromatic N) is 2. The van der Waals surface area contributed by atoms with E-state index in [4.69, 9.17) is 33.4 Å². The van der Waals surface area contributed by atoms with Crippen LogP contribution in [0.1, 0.15) is 23.2 Å². The molecule has 0 atom stereocenters. The summed E-state index contributed by atoms with van der Waals surface area (Å²) in [4.78, 5) is 17.1. The highest BCUT2D eigenvalue weighted by Gasteiger charge is 2.30. The first-order chi connectivity index (χ1) is 18.1. The van der Waals surface area contributed by atoms with Gasteiger partial charge in [0, 0.05) is 42.3 Å². The number of piperidine rings is 1. The fraction of sp³-hybridized carbons (Fsp3) is 0.250. The summed E-state index contributed by atoms with van der Waals surface area (Å²) >= 11 is 12.3. The molecule has 3 N–H and O–H groups in total. The fourth-order valence-electron chi connectivity index (χ4n) is 4.35. The van der Waals surface area contributed by atoms with E-state index in [2.05, 4.69) is 15.0 Å². The molecule has 0 radical (unpaired) electrons. The van der Waals surface area contributed by atoms with Crippen LogP contribution in [-0.2, 0) is 10.0 Å². The Morgan fingerprint density at radius 2 is 1.84 bits per heavy atom. The van der Waals surface area contributed by atoms with Gasteiger partial charge < -0.3 is 20.2 Å². The van der Waals surface area contributed by atoms with Crippen molar-refractivity contribution in [1.29, 1.82) is 0 Å². The number of aromatic nitrogens is 1. The van der Waals surface area contributed by atoms with Crippen LogP contribution < -0.4 is 15.8 Å². The fourth-order valence-corrected chi connectivity index (χ4v) is 6.31. The van der Waals surface area contributed by atoms with E-state index in [0.29, 0.717) is 12.8 Å². The third-order valence-electron chi connectivity index (χ3n) is 6.24. The van der Waals surface area contributed by atoms with Gasteiger partial charge >= 0.3 is 6.61 Å². The normalized spacial score (nSPS) is 15.4. The SMILES string of the molecule is NC1CCN(S(=O)(=O)c2ccc3oc4c(OC(F)F)ccc(C(=O)Nc5c(Cl)cncc5Cl)c4c3c2)CC1. The van der Waals surface area contributed by atoms with Gasteiger partial charge in [-0.05, 0) is 43.2 Å². The van der Waals surface area contributed by atoms with Gasteiger partial charge in [-0.25, -0.2) is 8.42 Å². The highest BCUT2D eigenvalue weighted by molar-refractivity contribution is 7.89. The largest absolute Gasteiger partial charge is 0.452 e. The Labute approximate surface area is 225 Å². The molecule has 0 unspecified atom stereocenters. The summed E-state index contributed by atoms with van der Waals surface area (Å²) in [5, 5.41) is 3.03. The summed E-state index contributed by atoms with van der Waals surface area (Å²) < 4.78 is 64.7. The summed E-state index contributed by atoms with van der Waals surface area (Å²) in [6, 6.07) is 6.47. The quantitative estimate of drug-likeness (QED) is 0.316. The van der Waals surface area contributed by atoms with E-state index < -0.39 is 22.5 Å². The maximum absolute atomic E-state index is 13.4. The van der Waals surface area contributed by atoms with Crippen molar-refractivity contribution in [3.05, 3.63) is 58.3 Å². The van der Waals surface area contributed by atoms with Crippen LogP contribution in [0, 0.1) is 0 Å². The summed E-state index contributed by atoms with van der Waals surface area (Å²) in [5.74, 6) is -1.02. The lowest BCUT2D eigenvalue weighted by atomic mass is 10.0. The summed E-state index contributed by atoms with van der Waals surface area (Å²) in [5.41, 5.74) is 6.00. The molecule has 2 aromatic carbocycles. The van der Waals surface area contributed by atoms with E-state index >= 15 is 0 Å². The molecule has 3 heterocycles. The van der Waals surface area contributed by atoms with Crippen LogP contribution >= 0.6 is 23.2 Å². The topological polar surface area (TPSA) is 128 Å². The molecule has 200 valence electrons. The van der Waals surface area contributed by atoms with Crippen molar-refractivity contribution in [2.45, 2.75) is 30.4 Å². The van der Waals surface area contributed by atoms with Gasteiger partial charge in [-0.3, -0.25) is 9.78 Å². The molecule has 0 aliphatic carbocycles. The van der Waals surface area contributed by atoms with Gasteiger partial charge in [0.15, 0.2) is 11.3 Å². The molecule has 0 spiro atoms. The summed E-state index contributed by atoms with van der Waals surface area (Å²) in [6.45, 7) is -2.63. The first kappa shape index (κ1) is 26.6. The molecule has 1 aliphatic heterocycles. The zero-order valence-electron chi connectivity index (χ0n) is 19.5. The number of alkyl halides is 2. The molecule has 1 saturated heterocycles. The van der Waals surface area contributed by atoms with Crippen molar-refractivity contribution >= 4 is 66.8 Å². The van der Waals surface area contributed by atoms with E-state index in [9.17, 15) is 22.0 Å². The molecule has 1 amide bonds. The zero-order chi connectivity index (χ0) is 27.2. The number of pyridine rings is 1. The third-order valence-corrected chi connectivity index (χ3v) is 8.71. The molecule has 14 heteroatoms. The average molecular weight is 585 g/mol. The minimum atomic E-state index is -3.90. The lowest BCUT2D eigenvalue weighted by Gasteiger charge is -2.29. The Balaban J connectivity index is 1.66. The van der Waals surface area contributed by atoms with Crippen LogP contribution in [0.2, 0.25) is 10.0 Å². The number of nitrogens with one attached hydrogen (secondary N) is 1. The Morgan fingerprint density at radius 3 is 2.50 bits per heavy atom. The van der Waals surface area contributed by atoms with Crippen molar-refractivity contribution in [2.24, 2.45) is 5.73 Å². The van der Waals surface area contributed by atoms with E-state index in [1.165, 1.54) is 41.0 Å². The van der Waals surface area contributed by atoms with Crippen LogP contribution in [0.5, 0.6) is 5.75 Å². The van der Waals surface area contributed by atoms with Gasteiger partial charge in [0.05, 0.1) is 26.2 Å². The van der Waals surface area contributed by atoms with E-state index in [1.807, 2.05) is 0 Å². The van der Waals surface area contributed by atoms with Crippen LogP contribution in [-0.4, -0.2) is 49.4 Å². The van der Waals surface area contributed by atoms with Crippen molar-refractivity contribution in [3.8, 4) is 5.75 Å². The Morgan fingerprint density at radius 1 is 1.16 bits per heavy atom. The number of sulfonamides is 1. The standard InChI is InChI=1S/C24H20Cl2F2N4O5S/c25-16-10-30-11-17(26)21(16)31-23(33)14-2-4-19(37-24(27)28)22-20(14)15-9-13(1-3-18(15)36-22)38(34,35)32-7-5-12(29)6-8-32/h1-4,9-12,24H,5-8,29H2,(H,30,31,33). The minimum Gasteiger partial charge on any atom is -0.452 e. The zero-order valence-corrected chi connectivity index (χ0v) is 21.8. The molecule has 2 aromatic heterocycles. The monoisotopic (exact) mass is 584 g/mol. The van der Waals surface area contributed by atoms with Crippen molar-refractivity contribution in [2.75, 3.05) is 18.4 Å². The van der Waals surface area contributed by atoms with Gasteiger partial charge in [-0.2, -0.15) is 13.1 Å². The molecule has 9 nitrogen and oxygen atoms in total. The Hall–Kier alpha value is -3.03. The predicted octanol–water partition coefficient (Wildman–Crippen LogP) is 5.25. The number of rotatable bonds is 6. The van der Waals surface area contributed by atoms with E-state index in [0.717, 1.165) is 6.07 Å². The predicted molar refractivity (Wildman–Crippen MR) is 139 cm³/mol. The molecule has 1 aliphatic rings. The minimum absolute atomic E-state index is 0.0113. The number of furan rings is 1. The number of nitrogens with two attached hydrogens (primary N) is 1. The Kier molecular flexibility index (Phi) is 7.18. The Bertz CT molecular complexity index is 1640. The van der Waals surface area contributed by atoms with Gasteiger partial charge in [-0.15, -0.1) is 0 Å². The maximum Gasteiger partial charge on any atom is 0.387 e. The van der Waals surface area contributed by atoms with Crippen LogP contribution in [0.15, 0.2) is 52.0 Å². The molecule has 5 rings (SSSR count). The van der Waals surface area contributed by atoms with E-state index in [-0.39, 0.29) is 73.0 Å². The number of carbonyl (C=O) groups is 1. The maximum atomic E-state index is 13.4. The lowest BCUT2D eigenvalue weighted by Crippen LogP contribution is -2.42. The molecule has 38 heavy (non-hydrogen) atoms. The van der Waals surface area contributed by atoms with Gasteiger partial charge in [0.25, 0.3) is 5.91 Å². The molecule has 1 fully saturated rings. The lowest BCUT2D eigenvalue weighted by molar-refractivity contribution is -0.0493. The molecule has 4 aromatic rings. The second-order valence-electron chi connectivity index (χ2n) is 8.63. The highest BCUT2D eigenvalue weighted by Crippen LogP contribution is 2.40. The number of anilines is 1. The number of carbonyl (C=O) groups excluding carboxylic acids is 1.